The first-order valence-corrected chi connectivity index (χ1v) is 7.68. The number of likely N-dealkylation sites (N-methyl/N-ethyl adjacent to an activating group) is 1. The van der Waals surface area contributed by atoms with E-state index in [4.69, 9.17) is 0 Å². The van der Waals surface area contributed by atoms with E-state index >= 15 is 0 Å². The van der Waals surface area contributed by atoms with Crippen LogP contribution in [0.3, 0.4) is 0 Å². The Morgan fingerprint density at radius 2 is 1.96 bits per heavy atom. The molecule has 0 atom stereocenters. The number of hydrogen-bond acceptors (Lipinski definition) is 3. The standard InChI is InChI=1S/C18H20N4O/c1-12-15(13(2)21-20-12)10-11-22(3)18(23)17-9-8-14-6-4-5-7-16(14)19-17/h4-9H,10-11H2,1-3H3,(H,20,21). The highest BCUT2D eigenvalue weighted by Crippen LogP contribution is 2.14. The third-order valence-electron chi connectivity index (χ3n) is 4.14. The second kappa shape index (κ2) is 6.20. The summed E-state index contributed by atoms with van der Waals surface area (Å²) < 4.78 is 0. The number of rotatable bonds is 4. The maximum atomic E-state index is 12.6. The molecular formula is C18H20N4O. The second-order valence-corrected chi connectivity index (χ2v) is 5.78. The number of carbonyl (C=O) groups excluding carboxylic acids is 1. The van der Waals surface area contributed by atoms with Crippen LogP contribution in [0.25, 0.3) is 10.9 Å². The predicted molar refractivity (Wildman–Crippen MR) is 90.5 cm³/mol. The molecule has 23 heavy (non-hydrogen) atoms. The molecule has 3 rings (SSSR count). The van der Waals surface area contributed by atoms with Crippen molar-refractivity contribution in [3.63, 3.8) is 0 Å². The zero-order valence-corrected chi connectivity index (χ0v) is 13.6. The van der Waals surface area contributed by atoms with E-state index in [1.807, 2.05) is 51.2 Å². The summed E-state index contributed by atoms with van der Waals surface area (Å²) in [7, 11) is 1.81. The topological polar surface area (TPSA) is 61.9 Å². The minimum atomic E-state index is -0.0606. The Balaban J connectivity index is 1.73. The molecule has 0 aliphatic carbocycles. The van der Waals surface area contributed by atoms with Gasteiger partial charge in [-0.3, -0.25) is 9.89 Å². The molecule has 0 bridgehead atoms. The van der Waals surface area contributed by atoms with Gasteiger partial charge >= 0.3 is 0 Å². The van der Waals surface area contributed by atoms with Gasteiger partial charge in [-0.05, 0) is 38.0 Å². The average molecular weight is 308 g/mol. The van der Waals surface area contributed by atoms with Gasteiger partial charge in [0, 0.05) is 24.7 Å². The maximum Gasteiger partial charge on any atom is 0.272 e. The van der Waals surface area contributed by atoms with Crippen LogP contribution >= 0.6 is 0 Å². The van der Waals surface area contributed by atoms with Gasteiger partial charge in [0.05, 0.1) is 11.2 Å². The number of amides is 1. The van der Waals surface area contributed by atoms with Crippen molar-refractivity contribution in [2.75, 3.05) is 13.6 Å². The van der Waals surface area contributed by atoms with Gasteiger partial charge in [-0.25, -0.2) is 4.98 Å². The summed E-state index contributed by atoms with van der Waals surface area (Å²) >= 11 is 0. The Morgan fingerprint density at radius 3 is 2.70 bits per heavy atom. The number of aromatic nitrogens is 3. The van der Waals surface area contributed by atoms with Crippen molar-refractivity contribution in [2.24, 2.45) is 0 Å². The molecule has 1 amide bonds. The van der Waals surface area contributed by atoms with Gasteiger partial charge in [0.1, 0.15) is 5.69 Å². The van der Waals surface area contributed by atoms with Crippen LogP contribution in [-0.2, 0) is 6.42 Å². The number of H-pyrrole nitrogens is 1. The Hall–Kier alpha value is -2.69. The number of aryl methyl sites for hydroxylation is 2. The Kier molecular flexibility index (Phi) is 4.10. The lowest BCUT2D eigenvalue weighted by atomic mass is 10.1. The van der Waals surface area contributed by atoms with E-state index in [2.05, 4.69) is 15.2 Å². The lowest BCUT2D eigenvalue weighted by Crippen LogP contribution is -2.29. The molecule has 118 valence electrons. The average Bonchev–Trinajstić information content (AvgIpc) is 2.89. The van der Waals surface area contributed by atoms with E-state index in [0.29, 0.717) is 12.2 Å². The normalized spacial score (nSPS) is 10.9. The third kappa shape index (κ3) is 3.08. The molecule has 0 spiro atoms. The van der Waals surface area contributed by atoms with Crippen molar-refractivity contribution in [1.82, 2.24) is 20.1 Å². The van der Waals surface area contributed by atoms with Gasteiger partial charge in [0.25, 0.3) is 5.91 Å². The number of pyridine rings is 1. The van der Waals surface area contributed by atoms with Gasteiger partial charge in [0.15, 0.2) is 0 Å². The first-order chi connectivity index (χ1) is 11.1. The molecule has 2 aromatic heterocycles. The van der Waals surface area contributed by atoms with Crippen LogP contribution in [-0.4, -0.2) is 39.6 Å². The van der Waals surface area contributed by atoms with E-state index in [1.54, 1.807) is 11.0 Å². The van der Waals surface area contributed by atoms with E-state index in [0.717, 1.165) is 28.7 Å². The largest absolute Gasteiger partial charge is 0.340 e. The van der Waals surface area contributed by atoms with Gasteiger partial charge in [-0.15, -0.1) is 0 Å². The molecule has 5 heteroatoms. The fraction of sp³-hybridized carbons (Fsp3) is 0.278. The van der Waals surface area contributed by atoms with Crippen molar-refractivity contribution in [1.29, 1.82) is 0 Å². The van der Waals surface area contributed by atoms with Crippen LogP contribution in [0, 0.1) is 13.8 Å². The molecule has 1 N–H and O–H groups in total. The van der Waals surface area contributed by atoms with E-state index in [-0.39, 0.29) is 5.91 Å². The van der Waals surface area contributed by atoms with E-state index in [9.17, 15) is 4.79 Å². The molecule has 0 aliphatic rings. The monoisotopic (exact) mass is 308 g/mol. The highest BCUT2D eigenvalue weighted by Gasteiger charge is 2.15. The van der Waals surface area contributed by atoms with Crippen molar-refractivity contribution in [3.8, 4) is 0 Å². The molecular weight excluding hydrogens is 288 g/mol. The molecule has 0 saturated heterocycles. The lowest BCUT2D eigenvalue weighted by Gasteiger charge is -2.17. The highest BCUT2D eigenvalue weighted by molar-refractivity contribution is 5.94. The van der Waals surface area contributed by atoms with E-state index in [1.165, 1.54) is 5.56 Å². The number of carbonyl (C=O) groups is 1. The molecule has 5 nitrogen and oxygen atoms in total. The van der Waals surface area contributed by atoms with Crippen LogP contribution in [0.2, 0.25) is 0 Å². The molecule has 3 aromatic rings. The summed E-state index contributed by atoms with van der Waals surface area (Å²) in [6.45, 7) is 4.61. The zero-order chi connectivity index (χ0) is 16.4. The fourth-order valence-corrected chi connectivity index (χ4v) is 2.70. The fourth-order valence-electron chi connectivity index (χ4n) is 2.70. The summed E-state index contributed by atoms with van der Waals surface area (Å²) in [5, 5.41) is 8.20. The second-order valence-electron chi connectivity index (χ2n) is 5.78. The number of benzene rings is 1. The number of aromatic amines is 1. The number of fused-ring (bicyclic) bond motifs is 1. The molecule has 2 heterocycles. The summed E-state index contributed by atoms with van der Waals surface area (Å²) in [5.41, 5.74) is 4.55. The van der Waals surface area contributed by atoms with Crippen LogP contribution in [0.4, 0.5) is 0 Å². The Labute approximate surface area is 135 Å². The minimum Gasteiger partial charge on any atom is -0.340 e. The highest BCUT2D eigenvalue weighted by atomic mass is 16.2. The molecule has 1 aromatic carbocycles. The number of nitrogens with one attached hydrogen (secondary N) is 1. The van der Waals surface area contributed by atoms with Crippen LogP contribution in [0.5, 0.6) is 0 Å². The molecule has 0 fully saturated rings. The van der Waals surface area contributed by atoms with Crippen molar-refractivity contribution < 1.29 is 4.79 Å². The predicted octanol–water partition coefficient (Wildman–Crippen LogP) is 2.89. The number of hydrogen-bond donors (Lipinski definition) is 1. The first-order valence-electron chi connectivity index (χ1n) is 7.68. The molecule has 0 aliphatic heterocycles. The quantitative estimate of drug-likeness (QED) is 0.806. The summed E-state index contributed by atoms with van der Waals surface area (Å²) in [4.78, 5) is 18.7. The molecule has 0 radical (unpaired) electrons. The van der Waals surface area contributed by atoms with Crippen LogP contribution in [0.1, 0.15) is 27.4 Å². The smallest absolute Gasteiger partial charge is 0.272 e. The van der Waals surface area contributed by atoms with Crippen LogP contribution in [0.15, 0.2) is 36.4 Å². The van der Waals surface area contributed by atoms with Crippen molar-refractivity contribution in [3.05, 3.63) is 59.0 Å². The lowest BCUT2D eigenvalue weighted by molar-refractivity contribution is 0.0791. The van der Waals surface area contributed by atoms with Gasteiger partial charge in [0.2, 0.25) is 0 Å². The van der Waals surface area contributed by atoms with Crippen molar-refractivity contribution >= 4 is 16.8 Å². The van der Waals surface area contributed by atoms with Crippen LogP contribution < -0.4 is 0 Å². The SMILES string of the molecule is Cc1n[nH]c(C)c1CCN(C)C(=O)c1ccc2ccccc2n1. The first kappa shape index (κ1) is 15.2. The van der Waals surface area contributed by atoms with Crippen molar-refractivity contribution in [2.45, 2.75) is 20.3 Å². The van der Waals surface area contributed by atoms with Gasteiger partial charge in [-0.1, -0.05) is 24.3 Å². The Bertz CT molecular complexity index is 834. The van der Waals surface area contributed by atoms with Gasteiger partial charge < -0.3 is 4.90 Å². The Morgan fingerprint density at radius 1 is 1.17 bits per heavy atom. The number of para-hydroxylation sites is 1. The van der Waals surface area contributed by atoms with E-state index < -0.39 is 0 Å². The summed E-state index contributed by atoms with van der Waals surface area (Å²) in [6.07, 6.45) is 0.782. The summed E-state index contributed by atoms with van der Waals surface area (Å²) in [5.74, 6) is -0.0606. The zero-order valence-electron chi connectivity index (χ0n) is 13.6. The minimum absolute atomic E-state index is 0.0606. The molecule has 0 unspecified atom stereocenters. The van der Waals surface area contributed by atoms with Gasteiger partial charge in [-0.2, -0.15) is 5.10 Å². The maximum absolute atomic E-state index is 12.6. The summed E-state index contributed by atoms with van der Waals surface area (Å²) in [6, 6.07) is 11.5. The molecule has 0 saturated carbocycles. The number of nitrogens with zero attached hydrogens (tertiary/aromatic N) is 3. The third-order valence-corrected chi connectivity index (χ3v) is 4.14.